The first kappa shape index (κ1) is 31.1. The maximum Gasteiger partial charge on any atom is 0.306 e. The van der Waals surface area contributed by atoms with Crippen molar-refractivity contribution >= 4 is 11.9 Å². The third-order valence-corrected chi connectivity index (χ3v) is 11.6. The molecule has 0 aromatic rings. The van der Waals surface area contributed by atoms with Crippen molar-refractivity contribution in [3.8, 4) is 0 Å². The van der Waals surface area contributed by atoms with E-state index < -0.39 is 0 Å². The number of hydrogen-bond donors (Lipinski definition) is 0. The summed E-state index contributed by atoms with van der Waals surface area (Å²) in [7, 11) is 4.41. The molecule has 6 heteroatoms. The van der Waals surface area contributed by atoms with Gasteiger partial charge in [-0.1, -0.05) is 41.5 Å². The molecule has 36 heavy (non-hydrogen) atoms. The van der Waals surface area contributed by atoms with Gasteiger partial charge >= 0.3 is 11.9 Å². The van der Waals surface area contributed by atoms with Crippen LogP contribution >= 0.6 is 0 Å². The first-order valence-corrected chi connectivity index (χ1v) is 14.4. The number of rotatable bonds is 9. The maximum absolute atomic E-state index is 12.9. The van der Waals surface area contributed by atoms with Gasteiger partial charge in [0.15, 0.2) is 0 Å². The van der Waals surface area contributed by atoms with Gasteiger partial charge in [0, 0.05) is 46.8 Å². The van der Waals surface area contributed by atoms with E-state index in [2.05, 4.69) is 93.1 Å². The Kier molecular flexibility index (Phi) is 9.76. The lowest BCUT2D eigenvalue weighted by molar-refractivity contribution is -0.179. The largest absolute Gasteiger partial charge is 0.462 e. The first-order valence-electron chi connectivity index (χ1n) is 14.4. The zero-order valence-electron chi connectivity index (χ0n) is 25.5. The van der Waals surface area contributed by atoms with Crippen LogP contribution in [-0.4, -0.2) is 70.2 Å². The van der Waals surface area contributed by atoms with E-state index in [1.165, 1.54) is 0 Å². The second-order valence-corrected chi connectivity index (χ2v) is 12.8. The van der Waals surface area contributed by atoms with Crippen molar-refractivity contribution in [2.24, 2.45) is 11.8 Å². The van der Waals surface area contributed by atoms with Crippen LogP contribution in [0.5, 0.6) is 0 Å². The molecule has 2 aliphatic heterocycles. The molecule has 0 radical (unpaired) electrons. The van der Waals surface area contributed by atoms with Crippen LogP contribution in [0, 0.1) is 11.8 Å². The predicted octanol–water partition coefficient (Wildman–Crippen LogP) is 6.21. The van der Waals surface area contributed by atoms with Crippen LogP contribution in [0.4, 0.5) is 0 Å². The third-order valence-electron chi connectivity index (χ3n) is 11.6. The molecule has 2 saturated heterocycles. The van der Waals surface area contributed by atoms with E-state index in [0.29, 0.717) is 0 Å². The molecule has 2 aliphatic rings. The maximum atomic E-state index is 12.9. The zero-order valence-corrected chi connectivity index (χ0v) is 25.5. The van der Waals surface area contributed by atoms with Gasteiger partial charge in [-0.25, -0.2) is 0 Å². The summed E-state index contributed by atoms with van der Waals surface area (Å²) in [4.78, 5) is 30.8. The molecule has 0 aliphatic carbocycles. The zero-order chi connectivity index (χ0) is 27.7. The Morgan fingerprint density at radius 2 is 0.972 bits per heavy atom. The monoisotopic (exact) mass is 508 g/mol. The molecule has 0 spiro atoms. The molecule has 2 fully saturated rings. The average Bonchev–Trinajstić information content (AvgIpc) is 2.86. The molecule has 0 aromatic carbocycles. The van der Waals surface area contributed by atoms with Gasteiger partial charge in [-0.2, -0.15) is 0 Å². The van der Waals surface area contributed by atoms with Crippen LogP contribution in [0.3, 0.4) is 0 Å². The quantitative estimate of drug-likeness (QED) is 0.345. The molecular weight excluding hydrogens is 452 g/mol. The molecular formula is C30H56N2O4. The fraction of sp³-hybridized carbons (Fsp3) is 0.933. The number of carbonyl (C=O) groups is 2. The van der Waals surface area contributed by atoms with E-state index in [-0.39, 0.29) is 71.0 Å². The number of likely N-dealkylation sites (tertiary alicyclic amines) is 2. The van der Waals surface area contributed by atoms with Crippen molar-refractivity contribution in [1.82, 2.24) is 9.80 Å². The van der Waals surface area contributed by atoms with Gasteiger partial charge in [-0.3, -0.25) is 19.4 Å². The molecule has 6 nitrogen and oxygen atoms in total. The van der Waals surface area contributed by atoms with Crippen molar-refractivity contribution in [2.45, 2.75) is 155 Å². The molecule has 0 saturated carbocycles. The summed E-state index contributed by atoms with van der Waals surface area (Å²) in [5.74, 6) is -0.167. The summed E-state index contributed by atoms with van der Waals surface area (Å²) >= 11 is 0. The highest BCUT2D eigenvalue weighted by Gasteiger charge is 2.53. The first-order chi connectivity index (χ1) is 16.6. The fourth-order valence-electron chi connectivity index (χ4n) is 6.97. The second-order valence-electron chi connectivity index (χ2n) is 12.8. The molecule has 0 amide bonds. The van der Waals surface area contributed by atoms with Gasteiger partial charge in [0.25, 0.3) is 0 Å². The second kappa shape index (κ2) is 11.3. The Morgan fingerprint density at radius 1 is 0.667 bits per heavy atom. The van der Waals surface area contributed by atoms with Gasteiger partial charge in [0.1, 0.15) is 12.2 Å². The van der Waals surface area contributed by atoms with E-state index in [1.807, 2.05) is 0 Å². The number of ether oxygens (including phenoxy) is 2. The fourth-order valence-corrected chi connectivity index (χ4v) is 6.97. The minimum Gasteiger partial charge on any atom is -0.462 e. The highest BCUT2D eigenvalue weighted by atomic mass is 16.6. The summed E-state index contributed by atoms with van der Waals surface area (Å²) < 4.78 is 12.1. The molecule has 0 aromatic heterocycles. The molecule has 2 heterocycles. The summed E-state index contributed by atoms with van der Waals surface area (Å²) in [6, 6.07) is 0. The smallest absolute Gasteiger partial charge is 0.306 e. The van der Waals surface area contributed by atoms with Crippen molar-refractivity contribution in [2.75, 3.05) is 14.1 Å². The summed E-state index contributed by atoms with van der Waals surface area (Å²) in [5.41, 5.74) is -0.142. The summed E-state index contributed by atoms with van der Waals surface area (Å²) in [5, 5.41) is 0. The van der Waals surface area contributed by atoms with Crippen molar-refractivity contribution in [1.29, 1.82) is 0 Å². The van der Waals surface area contributed by atoms with Gasteiger partial charge < -0.3 is 9.47 Å². The van der Waals surface area contributed by atoms with Gasteiger partial charge in [0.05, 0.1) is 12.8 Å². The molecule has 8 unspecified atom stereocenters. The Hall–Kier alpha value is -1.14. The van der Waals surface area contributed by atoms with Gasteiger partial charge in [-0.05, 0) is 67.5 Å². The predicted molar refractivity (Wildman–Crippen MR) is 147 cm³/mol. The third kappa shape index (κ3) is 5.50. The summed E-state index contributed by atoms with van der Waals surface area (Å²) in [6.07, 6.45) is 5.43. The molecule has 8 atom stereocenters. The average molecular weight is 509 g/mol. The van der Waals surface area contributed by atoms with Crippen molar-refractivity contribution in [3.63, 3.8) is 0 Å². The Labute approximate surface area is 221 Å². The number of esters is 2. The highest BCUT2D eigenvalue weighted by Crippen LogP contribution is 2.47. The normalized spacial score (nSPS) is 42.2. The number of nitrogens with zero attached hydrogens (tertiary/aromatic N) is 2. The SMILES string of the molecule is CCC1(C)CC(OC(=O)CCC(=O)OC2CC(C)(CC)N(C)C(C)(CC)C2C)C(C)C(C)(CC)N1C. The van der Waals surface area contributed by atoms with E-state index in [0.717, 1.165) is 38.5 Å². The highest BCUT2D eigenvalue weighted by molar-refractivity contribution is 5.77. The van der Waals surface area contributed by atoms with Gasteiger partial charge in [0.2, 0.25) is 0 Å². The lowest BCUT2D eigenvalue weighted by Gasteiger charge is -2.59. The lowest BCUT2D eigenvalue weighted by Crippen LogP contribution is -2.66. The van der Waals surface area contributed by atoms with Crippen LogP contribution in [0.15, 0.2) is 0 Å². The van der Waals surface area contributed by atoms with Crippen LogP contribution < -0.4 is 0 Å². The van der Waals surface area contributed by atoms with Crippen molar-refractivity contribution < 1.29 is 19.1 Å². The number of hydrogen-bond acceptors (Lipinski definition) is 6. The molecule has 2 rings (SSSR count). The molecule has 210 valence electrons. The number of piperidine rings is 2. The van der Waals surface area contributed by atoms with Crippen LogP contribution in [0.25, 0.3) is 0 Å². The summed E-state index contributed by atoms with van der Waals surface area (Å²) in [6.45, 7) is 22.3. The van der Waals surface area contributed by atoms with E-state index in [1.54, 1.807) is 0 Å². The van der Waals surface area contributed by atoms with Crippen LogP contribution in [-0.2, 0) is 19.1 Å². The molecule has 0 bridgehead atoms. The minimum atomic E-state index is -0.293. The van der Waals surface area contributed by atoms with Crippen LogP contribution in [0.2, 0.25) is 0 Å². The van der Waals surface area contributed by atoms with E-state index in [4.69, 9.17) is 9.47 Å². The Balaban J connectivity index is 2.02. The topological polar surface area (TPSA) is 59.1 Å². The minimum absolute atomic E-state index is 0.0245. The van der Waals surface area contributed by atoms with E-state index in [9.17, 15) is 9.59 Å². The van der Waals surface area contributed by atoms with Crippen molar-refractivity contribution in [3.05, 3.63) is 0 Å². The van der Waals surface area contributed by atoms with Crippen LogP contribution in [0.1, 0.15) is 121 Å². The molecule has 0 N–H and O–H groups in total. The lowest BCUT2D eigenvalue weighted by atomic mass is 9.68. The van der Waals surface area contributed by atoms with Gasteiger partial charge in [-0.15, -0.1) is 0 Å². The van der Waals surface area contributed by atoms with E-state index >= 15 is 0 Å². The number of carbonyl (C=O) groups excluding carboxylic acids is 2. The Bertz CT molecular complexity index is 725. The standard InChI is InChI=1S/C30H56N2O4/c1-13-27(7)19-23(21(5)29(9,15-3)31(27)11)35-25(33)17-18-26(34)36-24-20-28(8,14-2)32(12)30(10,16-4)22(24)6/h21-24H,13-20H2,1-12H3. The Morgan fingerprint density at radius 3 is 1.22 bits per heavy atom.